The first-order valence-corrected chi connectivity index (χ1v) is 12.3. The van der Waals surface area contributed by atoms with Crippen LogP contribution in [0.5, 0.6) is 5.75 Å². The molecule has 3 aromatic rings. The van der Waals surface area contributed by atoms with Crippen LogP contribution in [0.4, 0.5) is 0 Å². The van der Waals surface area contributed by atoms with Gasteiger partial charge in [0.15, 0.2) is 0 Å². The zero-order chi connectivity index (χ0) is 24.2. The van der Waals surface area contributed by atoms with Crippen LogP contribution in [-0.2, 0) is 27.1 Å². The third-order valence-corrected chi connectivity index (χ3v) is 7.54. The second-order valence-electron chi connectivity index (χ2n) is 9.49. The summed E-state index contributed by atoms with van der Waals surface area (Å²) in [4.78, 5) is 13.1. The van der Waals surface area contributed by atoms with E-state index in [1.807, 2.05) is 48.5 Å². The van der Waals surface area contributed by atoms with E-state index in [0.29, 0.717) is 24.0 Å². The first-order valence-electron chi connectivity index (χ1n) is 12.3. The summed E-state index contributed by atoms with van der Waals surface area (Å²) in [5.74, 6) is 1.62. The zero-order valence-corrected chi connectivity index (χ0v) is 20.3. The highest BCUT2D eigenvalue weighted by Gasteiger charge is 2.47. The molecule has 0 heterocycles. The van der Waals surface area contributed by atoms with Gasteiger partial charge in [-0.3, -0.25) is 0 Å². The molecule has 2 aliphatic carbocycles. The van der Waals surface area contributed by atoms with Crippen LogP contribution in [0.1, 0.15) is 27.9 Å². The molecule has 5 nitrogen and oxygen atoms in total. The van der Waals surface area contributed by atoms with Crippen LogP contribution in [0.15, 0.2) is 72.8 Å². The lowest BCUT2D eigenvalue weighted by molar-refractivity contribution is -0.0659. The van der Waals surface area contributed by atoms with Crippen LogP contribution in [0.2, 0.25) is 0 Å². The predicted octanol–water partition coefficient (Wildman–Crippen LogP) is 5.56. The van der Waals surface area contributed by atoms with Gasteiger partial charge < -0.3 is 18.9 Å². The average molecular weight is 473 g/mol. The first kappa shape index (κ1) is 23.6. The van der Waals surface area contributed by atoms with Gasteiger partial charge in [-0.25, -0.2) is 4.79 Å². The van der Waals surface area contributed by atoms with Crippen molar-refractivity contribution in [1.82, 2.24) is 0 Å². The molecule has 0 bridgehead atoms. The van der Waals surface area contributed by atoms with Crippen LogP contribution in [0, 0.1) is 17.8 Å². The minimum Gasteiger partial charge on any atom is -0.496 e. The molecule has 0 aliphatic heterocycles. The molecule has 5 heteroatoms. The topological polar surface area (TPSA) is 54.0 Å². The Morgan fingerprint density at radius 1 is 0.886 bits per heavy atom. The standard InChI is InChI=1S/C30H32O5/c1-32-19-34-18-27-25-15-23-9-6-10-28(33-2)26(23)16-24(25)17-29(27)35-30(31)22-13-11-21(12-14-22)20-7-4-3-5-8-20/h3-14,24-25,27,29H,15-19H2,1-2H3/t24?,25?,27-,29-/m1/s1. The SMILES string of the molecule is COCOC[C@@H]1C2Cc3cccc(OC)c3CC2C[C@H]1OC(=O)c1ccc(-c2ccccc2)cc1. The van der Waals surface area contributed by atoms with E-state index < -0.39 is 0 Å². The summed E-state index contributed by atoms with van der Waals surface area (Å²) < 4.78 is 22.7. The van der Waals surface area contributed by atoms with Crippen molar-refractivity contribution in [1.29, 1.82) is 0 Å². The number of hydrogen-bond acceptors (Lipinski definition) is 5. The number of ether oxygens (including phenoxy) is 4. The Balaban J connectivity index is 1.32. The molecular weight excluding hydrogens is 440 g/mol. The van der Waals surface area contributed by atoms with Crippen molar-refractivity contribution in [3.05, 3.63) is 89.5 Å². The molecule has 0 saturated heterocycles. The molecule has 0 radical (unpaired) electrons. The fraction of sp³-hybridized carbons (Fsp3) is 0.367. The van der Waals surface area contributed by atoms with Gasteiger partial charge in [0.25, 0.3) is 0 Å². The van der Waals surface area contributed by atoms with Gasteiger partial charge in [0.2, 0.25) is 0 Å². The van der Waals surface area contributed by atoms with Gasteiger partial charge in [-0.05, 0) is 71.6 Å². The summed E-state index contributed by atoms with van der Waals surface area (Å²) in [5.41, 5.74) is 5.38. The molecule has 0 spiro atoms. The van der Waals surface area contributed by atoms with Gasteiger partial charge in [-0.1, -0.05) is 54.6 Å². The molecule has 182 valence electrons. The molecule has 3 aromatic carbocycles. The number of carbonyl (C=O) groups excluding carboxylic acids is 1. The van der Waals surface area contributed by atoms with Gasteiger partial charge in [0.1, 0.15) is 18.6 Å². The molecule has 2 aliphatic rings. The lowest BCUT2D eigenvalue weighted by atomic mass is 9.75. The summed E-state index contributed by atoms with van der Waals surface area (Å²) >= 11 is 0. The van der Waals surface area contributed by atoms with E-state index in [2.05, 4.69) is 24.3 Å². The fourth-order valence-corrected chi connectivity index (χ4v) is 5.84. The fourth-order valence-electron chi connectivity index (χ4n) is 5.84. The number of methoxy groups -OCH3 is 2. The third kappa shape index (κ3) is 4.97. The van der Waals surface area contributed by atoms with Gasteiger partial charge in [-0.15, -0.1) is 0 Å². The highest BCUT2D eigenvalue weighted by molar-refractivity contribution is 5.90. The van der Waals surface area contributed by atoms with E-state index in [9.17, 15) is 4.79 Å². The average Bonchev–Trinajstić information content (AvgIpc) is 3.23. The Bertz CT molecular complexity index is 1140. The van der Waals surface area contributed by atoms with Gasteiger partial charge in [-0.2, -0.15) is 0 Å². The molecular formula is C30H32O5. The summed E-state index contributed by atoms with van der Waals surface area (Å²) in [7, 11) is 3.35. The van der Waals surface area contributed by atoms with Gasteiger partial charge in [0, 0.05) is 13.0 Å². The highest BCUT2D eigenvalue weighted by Crippen LogP contribution is 2.48. The molecule has 1 saturated carbocycles. The third-order valence-electron chi connectivity index (χ3n) is 7.54. The largest absolute Gasteiger partial charge is 0.496 e. The Hall–Kier alpha value is -3.15. The summed E-state index contributed by atoms with van der Waals surface area (Å²) in [6.07, 6.45) is 2.52. The number of rotatable bonds is 8. The quantitative estimate of drug-likeness (QED) is 0.244. The van der Waals surface area contributed by atoms with E-state index in [1.165, 1.54) is 11.1 Å². The van der Waals surface area contributed by atoms with Crippen molar-refractivity contribution in [2.75, 3.05) is 27.6 Å². The molecule has 5 rings (SSSR count). The number of hydrogen-bond donors (Lipinski definition) is 0. The summed E-state index contributed by atoms with van der Waals surface area (Å²) in [5, 5.41) is 0. The lowest BCUT2D eigenvalue weighted by Crippen LogP contribution is -2.32. The maximum atomic E-state index is 13.1. The summed E-state index contributed by atoms with van der Waals surface area (Å²) in [6.45, 7) is 0.749. The van der Waals surface area contributed by atoms with Gasteiger partial charge >= 0.3 is 5.97 Å². The molecule has 1 fully saturated rings. The van der Waals surface area contributed by atoms with Crippen molar-refractivity contribution in [3.63, 3.8) is 0 Å². The molecule has 4 atom stereocenters. The Morgan fingerprint density at radius 2 is 1.66 bits per heavy atom. The van der Waals surface area contributed by atoms with Crippen molar-refractivity contribution in [3.8, 4) is 16.9 Å². The smallest absolute Gasteiger partial charge is 0.338 e. The lowest BCUT2D eigenvalue weighted by Gasteiger charge is -2.32. The molecule has 0 amide bonds. The predicted molar refractivity (Wildman–Crippen MR) is 134 cm³/mol. The van der Waals surface area contributed by atoms with E-state index in [4.69, 9.17) is 18.9 Å². The normalized spacial score (nSPS) is 22.8. The van der Waals surface area contributed by atoms with E-state index >= 15 is 0 Å². The maximum absolute atomic E-state index is 13.1. The van der Waals surface area contributed by atoms with Crippen molar-refractivity contribution < 1.29 is 23.7 Å². The van der Waals surface area contributed by atoms with Crippen LogP contribution in [0.25, 0.3) is 11.1 Å². The van der Waals surface area contributed by atoms with Crippen LogP contribution in [-0.4, -0.2) is 39.7 Å². The second-order valence-corrected chi connectivity index (χ2v) is 9.49. The molecule has 35 heavy (non-hydrogen) atoms. The number of carbonyl (C=O) groups is 1. The van der Waals surface area contributed by atoms with Crippen LogP contribution in [0.3, 0.4) is 0 Å². The van der Waals surface area contributed by atoms with Gasteiger partial charge in [0.05, 0.1) is 19.3 Å². The number of fused-ring (bicyclic) bond motifs is 2. The van der Waals surface area contributed by atoms with E-state index in [0.717, 1.165) is 36.1 Å². The summed E-state index contributed by atoms with van der Waals surface area (Å²) in [6, 6.07) is 24.1. The monoisotopic (exact) mass is 472 g/mol. The zero-order valence-electron chi connectivity index (χ0n) is 20.3. The molecule has 0 aromatic heterocycles. The second kappa shape index (κ2) is 10.6. The molecule has 0 N–H and O–H groups in total. The Labute approximate surface area is 207 Å². The Morgan fingerprint density at radius 3 is 2.40 bits per heavy atom. The number of esters is 1. The van der Waals surface area contributed by atoms with Crippen molar-refractivity contribution in [2.24, 2.45) is 17.8 Å². The minimum atomic E-state index is -0.278. The Kier molecular flexibility index (Phi) is 7.16. The number of benzene rings is 3. The minimum absolute atomic E-state index is 0.127. The van der Waals surface area contributed by atoms with Crippen LogP contribution >= 0.6 is 0 Å². The maximum Gasteiger partial charge on any atom is 0.338 e. The molecule has 2 unspecified atom stereocenters. The van der Waals surface area contributed by atoms with Crippen molar-refractivity contribution >= 4 is 5.97 Å². The van der Waals surface area contributed by atoms with Crippen molar-refractivity contribution in [2.45, 2.75) is 25.4 Å². The van der Waals surface area contributed by atoms with Crippen LogP contribution < -0.4 is 4.74 Å². The highest BCUT2D eigenvalue weighted by atomic mass is 16.7. The van der Waals surface area contributed by atoms with E-state index in [1.54, 1.807) is 14.2 Å². The first-order chi connectivity index (χ1) is 17.2. The van der Waals surface area contributed by atoms with E-state index in [-0.39, 0.29) is 24.8 Å².